The first-order chi connectivity index (χ1) is 13.7. The summed E-state index contributed by atoms with van der Waals surface area (Å²) < 4.78 is 1.74. The molecule has 0 spiro atoms. The van der Waals surface area contributed by atoms with Crippen molar-refractivity contribution < 1.29 is 9.59 Å². The van der Waals surface area contributed by atoms with Gasteiger partial charge in [0.1, 0.15) is 0 Å². The number of thioether (sulfide) groups is 1. The molecule has 28 heavy (non-hydrogen) atoms. The lowest BCUT2D eigenvalue weighted by atomic mass is 10.1. The van der Waals surface area contributed by atoms with Gasteiger partial charge in [0.15, 0.2) is 0 Å². The number of amides is 2. The molecule has 7 nitrogen and oxygen atoms in total. The molecule has 0 aliphatic carbocycles. The summed E-state index contributed by atoms with van der Waals surface area (Å²) in [5.41, 5.74) is 3.06. The molecule has 0 N–H and O–H groups in total. The van der Waals surface area contributed by atoms with Crippen LogP contribution in [-0.2, 0) is 0 Å². The molecule has 142 valence electrons. The monoisotopic (exact) mass is 393 g/mol. The number of hydrogen-bond acceptors (Lipinski definition) is 6. The maximum Gasteiger partial charge on any atom is 0.261 e. The van der Waals surface area contributed by atoms with Gasteiger partial charge in [-0.15, -0.1) is 5.10 Å². The highest BCUT2D eigenvalue weighted by Gasteiger charge is 2.34. The van der Waals surface area contributed by atoms with Gasteiger partial charge in [0.05, 0.1) is 16.8 Å². The smallest absolute Gasteiger partial charge is 0.261 e. The summed E-state index contributed by atoms with van der Waals surface area (Å²) in [7, 11) is 0. The summed E-state index contributed by atoms with van der Waals surface area (Å²) in [6.07, 6.45) is 1.59. The van der Waals surface area contributed by atoms with E-state index in [2.05, 4.69) is 15.5 Å². The third kappa shape index (κ3) is 3.43. The van der Waals surface area contributed by atoms with E-state index in [-0.39, 0.29) is 11.8 Å². The molecule has 1 aliphatic heterocycles. The zero-order valence-corrected chi connectivity index (χ0v) is 16.2. The van der Waals surface area contributed by atoms with Crippen molar-refractivity contribution in [2.45, 2.75) is 24.9 Å². The van der Waals surface area contributed by atoms with Crippen LogP contribution in [0, 0.1) is 6.92 Å². The number of carbonyl (C=O) groups excluding carboxylic acids is 2. The summed E-state index contributed by atoms with van der Waals surface area (Å²) in [5.74, 6) is 0.406. The standard InChI is InChI=1S/C20H19N5O2S/c1-14-8-2-5-11-17(14)25-20(21-22-23-25)28-13-7-6-12-24-18(26)15-9-3-4-10-16(15)19(24)27/h2-5,8-11H,6-7,12-13H2,1H3. The summed E-state index contributed by atoms with van der Waals surface area (Å²) in [5, 5.41) is 12.7. The summed E-state index contributed by atoms with van der Waals surface area (Å²) in [6, 6.07) is 14.9. The van der Waals surface area contributed by atoms with Crippen LogP contribution < -0.4 is 0 Å². The van der Waals surface area contributed by atoms with Crippen LogP contribution in [0.5, 0.6) is 0 Å². The van der Waals surface area contributed by atoms with E-state index >= 15 is 0 Å². The van der Waals surface area contributed by atoms with Crippen LogP contribution in [-0.4, -0.2) is 49.2 Å². The zero-order chi connectivity index (χ0) is 19.5. The molecule has 2 aromatic carbocycles. The van der Waals surface area contributed by atoms with Crippen LogP contribution in [0.25, 0.3) is 5.69 Å². The number of fused-ring (bicyclic) bond motifs is 1. The van der Waals surface area contributed by atoms with E-state index in [9.17, 15) is 9.59 Å². The first-order valence-corrected chi connectivity index (χ1v) is 10.1. The Hall–Kier alpha value is -3.00. The Morgan fingerprint density at radius 2 is 1.61 bits per heavy atom. The summed E-state index contributed by atoms with van der Waals surface area (Å²) in [4.78, 5) is 26.1. The zero-order valence-electron chi connectivity index (χ0n) is 15.4. The van der Waals surface area contributed by atoms with Crippen LogP contribution in [0.4, 0.5) is 0 Å². The molecule has 0 saturated heterocycles. The number of aryl methyl sites for hydroxylation is 1. The van der Waals surface area contributed by atoms with Crippen molar-refractivity contribution in [3.8, 4) is 5.69 Å². The number of carbonyl (C=O) groups is 2. The number of benzene rings is 2. The topological polar surface area (TPSA) is 81.0 Å². The lowest BCUT2D eigenvalue weighted by Crippen LogP contribution is -2.30. The number of imide groups is 1. The Labute approximate surface area is 166 Å². The molecule has 2 amide bonds. The molecule has 4 rings (SSSR count). The molecular formula is C20H19N5O2S. The van der Waals surface area contributed by atoms with Gasteiger partial charge >= 0.3 is 0 Å². The van der Waals surface area contributed by atoms with Gasteiger partial charge in [0, 0.05) is 12.3 Å². The molecule has 8 heteroatoms. The summed E-state index contributed by atoms with van der Waals surface area (Å²) in [6.45, 7) is 2.45. The van der Waals surface area contributed by atoms with Crippen molar-refractivity contribution in [2.75, 3.05) is 12.3 Å². The average molecular weight is 393 g/mol. The Balaban J connectivity index is 1.30. The number of tetrazole rings is 1. The minimum absolute atomic E-state index is 0.197. The van der Waals surface area contributed by atoms with E-state index < -0.39 is 0 Å². The molecule has 0 bridgehead atoms. The highest BCUT2D eigenvalue weighted by Crippen LogP contribution is 2.24. The van der Waals surface area contributed by atoms with Crippen molar-refractivity contribution in [1.29, 1.82) is 0 Å². The van der Waals surface area contributed by atoms with Crippen LogP contribution in [0.15, 0.2) is 53.7 Å². The molecule has 3 aromatic rings. The van der Waals surface area contributed by atoms with Gasteiger partial charge < -0.3 is 0 Å². The fourth-order valence-corrected chi connectivity index (χ4v) is 4.08. The summed E-state index contributed by atoms with van der Waals surface area (Å²) >= 11 is 1.57. The predicted octanol–water partition coefficient (Wildman–Crippen LogP) is 3.14. The third-order valence-corrected chi connectivity index (χ3v) is 5.68. The van der Waals surface area contributed by atoms with Gasteiger partial charge in [0.25, 0.3) is 11.8 Å². The molecule has 0 saturated carbocycles. The maximum atomic E-state index is 12.4. The molecule has 2 heterocycles. The minimum atomic E-state index is -0.197. The quantitative estimate of drug-likeness (QED) is 0.348. The van der Waals surface area contributed by atoms with Crippen molar-refractivity contribution in [3.05, 3.63) is 65.2 Å². The second kappa shape index (κ2) is 7.93. The van der Waals surface area contributed by atoms with Gasteiger partial charge in [-0.05, 0) is 54.0 Å². The first-order valence-electron chi connectivity index (χ1n) is 9.09. The van der Waals surface area contributed by atoms with Gasteiger partial charge in [0.2, 0.25) is 5.16 Å². The van der Waals surface area contributed by atoms with Gasteiger partial charge in [-0.1, -0.05) is 42.1 Å². The number of nitrogens with zero attached hydrogens (tertiary/aromatic N) is 5. The van der Waals surface area contributed by atoms with Crippen LogP contribution in [0.3, 0.4) is 0 Å². The predicted molar refractivity (Wildman–Crippen MR) is 106 cm³/mol. The third-order valence-electron chi connectivity index (χ3n) is 4.67. The van der Waals surface area contributed by atoms with E-state index in [0.29, 0.717) is 17.7 Å². The van der Waals surface area contributed by atoms with Crippen LogP contribution in [0.1, 0.15) is 39.1 Å². The molecular weight excluding hydrogens is 374 g/mol. The van der Waals surface area contributed by atoms with Gasteiger partial charge in [-0.2, -0.15) is 4.68 Å². The fraction of sp³-hybridized carbons (Fsp3) is 0.250. The Kier molecular flexibility index (Phi) is 5.21. The van der Waals surface area contributed by atoms with Crippen molar-refractivity contribution in [2.24, 2.45) is 0 Å². The van der Waals surface area contributed by atoms with E-state index in [1.165, 1.54) is 4.90 Å². The molecule has 0 unspecified atom stereocenters. The molecule has 0 fully saturated rings. The second-order valence-corrected chi connectivity index (χ2v) is 7.58. The maximum absolute atomic E-state index is 12.4. The van der Waals surface area contributed by atoms with Crippen LogP contribution >= 0.6 is 11.8 Å². The van der Waals surface area contributed by atoms with Crippen molar-refractivity contribution in [3.63, 3.8) is 0 Å². The lowest BCUT2D eigenvalue weighted by molar-refractivity contribution is 0.0652. The average Bonchev–Trinajstić information content (AvgIpc) is 3.27. The Morgan fingerprint density at radius 1 is 0.929 bits per heavy atom. The number of aromatic nitrogens is 4. The highest BCUT2D eigenvalue weighted by atomic mass is 32.2. The van der Waals surface area contributed by atoms with Gasteiger partial charge in [-0.25, -0.2) is 0 Å². The van der Waals surface area contributed by atoms with Crippen molar-refractivity contribution in [1.82, 2.24) is 25.1 Å². The number of hydrogen-bond donors (Lipinski definition) is 0. The van der Waals surface area contributed by atoms with Crippen LogP contribution in [0.2, 0.25) is 0 Å². The van der Waals surface area contributed by atoms with Crippen molar-refractivity contribution >= 4 is 23.6 Å². The molecule has 1 aliphatic rings. The lowest BCUT2D eigenvalue weighted by Gasteiger charge is -2.13. The first kappa shape index (κ1) is 18.4. The SMILES string of the molecule is Cc1ccccc1-n1nnnc1SCCCCN1C(=O)c2ccccc2C1=O. The Bertz CT molecular complexity index is 998. The minimum Gasteiger partial charge on any atom is -0.274 e. The number of rotatable bonds is 7. The number of unbranched alkanes of at least 4 members (excludes halogenated alkanes) is 1. The second-order valence-electron chi connectivity index (χ2n) is 6.52. The molecule has 0 radical (unpaired) electrons. The fourth-order valence-electron chi connectivity index (χ4n) is 3.20. The number of para-hydroxylation sites is 1. The molecule has 1 aromatic heterocycles. The Morgan fingerprint density at radius 3 is 2.32 bits per heavy atom. The van der Waals surface area contributed by atoms with Gasteiger partial charge in [-0.3, -0.25) is 14.5 Å². The van der Waals surface area contributed by atoms with E-state index in [1.807, 2.05) is 31.2 Å². The largest absolute Gasteiger partial charge is 0.274 e. The highest BCUT2D eigenvalue weighted by molar-refractivity contribution is 7.99. The van der Waals surface area contributed by atoms with E-state index in [1.54, 1.807) is 40.7 Å². The molecule has 0 atom stereocenters. The van der Waals surface area contributed by atoms with E-state index in [0.717, 1.165) is 35.0 Å². The normalized spacial score (nSPS) is 13.2. The van der Waals surface area contributed by atoms with E-state index in [4.69, 9.17) is 0 Å².